The molecule has 0 saturated carbocycles. The molecule has 1 unspecified atom stereocenters. The number of likely N-dealkylation sites (N-methyl/N-ethyl adjacent to an activating group) is 1. The van der Waals surface area contributed by atoms with Crippen LogP contribution in [-0.2, 0) is 15.7 Å². The number of nitrogens with one attached hydrogen (secondary N) is 2. The summed E-state index contributed by atoms with van der Waals surface area (Å²) in [4.78, 5) is 44.0. The van der Waals surface area contributed by atoms with Crippen molar-refractivity contribution in [3.05, 3.63) is 76.0 Å². The summed E-state index contributed by atoms with van der Waals surface area (Å²) >= 11 is 6.05. The maximum Gasteiger partial charge on any atom is 0.416 e. The van der Waals surface area contributed by atoms with Gasteiger partial charge in [-0.3, -0.25) is 9.80 Å². The van der Waals surface area contributed by atoms with Gasteiger partial charge >= 0.3 is 24.2 Å². The van der Waals surface area contributed by atoms with E-state index >= 15 is 0 Å². The van der Waals surface area contributed by atoms with E-state index in [4.69, 9.17) is 16.3 Å². The molecule has 0 radical (unpaired) electrons. The molecule has 220 valence electrons. The molecule has 1 atom stereocenters. The standard InChI is InChI=1S/C28H31ClF3N5O4/c1-3-41-25(38)23-22(35(2)26(39)34-24(23)18-5-9-20(29)10-6-18)17-36-13-4-14-37(16-15-36)27(40)33-21-11-7-19(8-12-21)28(30,31)32/h5-12,24H,3-4,13-17H2,1-2H3,(H,33,40)(H,34,39). The molecule has 2 aromatic rings. The summed E-state index contributed by atoms with van der Waals surface area (Å²) in [5.74, 6) is -0.540. The number of halogens is 4. The van der Waals surface area contributed by atoms with Gasteiger partial charge < -0.3 is 20.3 Å². The Morgan fingerprint density at radius 1 is 1.05 bits per heavy atom. The van der Waals surface area contributed by atoms with E-state index < -0.39 is 29.8 Å². The van der Waals surface area contributed by atoms with Crippen molar-refractivity contribution in [2.75, 3.05) is 51.7 Å². The highest BCUT2D eigenvalue weighted by molar-refractivity contribution is 6.30. The summed E-state index contributed by atoms with van der Waals surface area (Å²) < 4.78 is 43.9. The Labute approximate surface area is 240 Å². The third-order valence-corrected chi connectivity index (χ3v) is 7.24. The van der Waals surface area contributed by atoms with Gasteiger partial charge in [0.1, 0.15) is 0 Å². The number of nitrogens with zero attached hydrogens (tertiary/aromatic N) is 3. The molecule has 2 aliphatic rings. The Kier molecular flexibility index (Phi) is 9.44. The Balaban J connectivity index is 1.50. The van der Waals surface area contributed by atoms with Crippen molar-refractivity contribution in [1.82, 2.24) is 20.0 Å². The van der Waals surface area contributed by atoms with Crippen molar-refractivity contribution in [2.24, 2.45) is 0 Å². The maximum absolute atomic E-state index is 13.2. The number of urea groups is 2. The largest absolute Gasteiger partial charge is 0.463 e. The number of hydrogen-bond acceptors (Lipinski definition) is 5. The second-order valence-electron chi connectivity index (χ2n) is 9.70. The molecule has 4 amide bonds. The summed E-state index contributed by atoms with van der Waals surface area (Å²) in [6.07, 6.45) is -3.85. The van der Waals surface area contributed by atoms with Crippen LogP contribution in [0.3, 0.4) is 0 Å². The van der Waals surface area contributed by atoms with Crippen LogP contribution in [0.5, 0.6) is 0 Å². The minimum absolute atomic E-state index is 0.160. The summed E-state index contributed by atoms with van der Waals surface area (Å²) in [6, 6.07) is 9.60. The van der Waals surface area contributed by atoms with E-state index in [0.29, 0.717) is 54.5 Å². The van der Waals surface area contributed by atoms with Crippen molar-refractivity contribution in [3.8, 4) is 0 Å². The Bertz CT molecular complexity index is 1300. The number of hydrogen-bond donors (Lipinski definition) is 2. The number of rotatable bonds is 6. The zero-order valence-corrected chi connectivity index (χ0v) is 23.4. The van der Waals surface area contributed by atoms with Gasteiger partial charge in [-0.05, 0) is 55.3 Å². The molecule has 1 saturated heterocycles. The van der Waals surface area contributed by atoms with Crippen LogP contribution in [0.1, 0.15) is 30.5 Å². The molecular formula is C28H31ClF3N5O4. The highest BCUT2D eigenvalue weighted by atomic mass is 35.5. The second-order valence-corrected chi connectivity index (χ2v) is 10.1. The van der Waals surface area contributed by atoms with Gasteiger partial charge in [-0.1, -0.05) is 23.7 Å². The van der Waals surface area contributed by atoms with Gasteiger partial charge in [0, 0.05) is 56.2 Å². The number of carbonyl (C=O) groups is 3. The molecule has 2 heterocycles. The zero-order valence-electron chi connectivity index (χ0n) is 22.6. The van der Waals surface area contributed by atoms with E-state index in [0.717, 1.165) is 12.1 Å². The Morgan fingerprint density at radius 2 is 1.73 bits per heavy atom. The fourth-order valence-corrected chi connectivity index (χ4v) is 4.92. The quantitative estimate of drug-likeness (QED) is 0.454. The summed E-state index contributed by atoms with van der Waals surface area (Å²) in [5, 5.41) is 6.04. The lowest BCUT2D eigenvalue weighted by molar-refractivity contribution is -0.139. The Hall–Kier alpha value is -3.77. The van der Waals surface area contributed by atoms with E-state index in [1.165, 1.54) is 17.0 Å². The minimum atomic E-state index is -4.46. The first-order valence-electron chi connectivity index (χ1n) is 13.1. The zero-order chi connectivity index (χ0) is 29.7. The van der Waals surface area contributed by atoms with Gasteiger partial charge in [0.25, 0.3) is 0 Å². The number of amides is 4. The van der Waals surface area contributed by atoms with Crippen LogP contribution in [-0.4, -0.2) is 79.1 Å². The molecule has 0 spiro atoms. The van der Waals surface area contributed by atoms with Gasteiger partial charge in [0.2, 0.25) is 0 Å². The normalized spacial score (nSPS) is 18.6. The van der Waals surface area contributed by atoms with Crippen LogP contribution >= 0.6 is 11.6 Å². The molecule has 2 aromatic carbocycles. The van der Waals surface area contributed by atoms with Crippen LogP contribution in [0.2, 0.25) is 5.02 Å². The molecule has 9 nitrogen and oxygen atoms in total. The molecule has 1 fully saturated rings. The molecule has 0 bridgehead atoms. The molecule has 0 aromatic heterocycles. The average molecular weight is 594 g/mol. The number of anilines is 1. The predicted molar refractivity (Wildman–Crippen MR) is 147 cm³/mol. The van der Waals surface area contributed by atoms with Crippen LogP contribution in [0.25, 0.3) is 0 Å². The fraction of sp³-hybridized carbons (Fsp3) is 0.393. The van der Waals surface area contributed by atoms with E-state index in [1.54, 1.807) is 43.1 Å². The van der Waals surface area contributed by atoms with Gasteiger partial charge in [-0.2, -0.15) is 13.2 Å². The number of ether oxygens (including phenoxy) is 1. The smallest absolute Gasteiger partial charge is 0.416 e. The summed E-state index contributed by atoms with van der Waals surface area (Å²) in [6.45, 7) is 3.93. The minimum Gasteiger partial charge on any atom is -0.463 e. The monoisotopic (exact) mass is 593 g/mol. The van der Waals surface area contributed by atoms with Crippen molar-refractivity contribution in [3.63, 3.8) is 0 Å². The van der Waals surface area contributed by atoms with Crippen LogP contribution in [0, 0.1) is 0 Å². The second kappa shape index (κ2) is 12.8. The molecule has 4 rings (SSSR count). The van der Waals surface area contributed by atoms with Crippen LogP contribution < -0.4 is 10.6 Å². The van der Waals surface area contributed by atoms with Crippen LogP contribution in [0.4, 0.5) is 28.4 Å². The van der Waals surface area contributed by atoms with Gasteiger partial charge in [-0.25, -0.2) is 14.4 Å². The summed E-state index contributed by atoms with van der Waals surface area (Å²) in [5.41, 5.74) is 0.958. The molecule has 41 heavy (non-hydrogen) atoms. The molecule has 2 aliphatic heterocycles. The van der Waals surface area contributed by atoms with E-state index in [9.17, 15) is 27.6 Å². The third kappa shape index (κ3) is 7.31. The lowest BCUT2D eigenvalue weighted by atomic mass is 9.94. The van der Waals surface area contributed by atoms with Crippen LogP contribution in [0.15, 0.2) is 59.8 Å². The van der Waals surface area contributed by atoms with E-state index in [2.05, 4.69) is 10.6 Å². The van der Waals surface area contributed by atoms with Gasteiger partial charge in [0.05, 0.1) is 23.8 Å². The van der Waals surface area contributed by atoms with Crippen molar-refractivity contribution in [2.45, 2.75) is 25.6 Å². The first-order chi connectivity index (χ1) is 19.5. The molecule has 2 N–H and O–H groups in total. The first-order valence-corrected chi connectivity index (χ1v) is 13.5. The maximum atomic E-state index is 13.2. The predicted octanol–water partition coefficient (Wildman–Crippen LogP) is 5.11. The molecular weight excluding hydrogens is 563 g/mol. The fourth-order valence-electron chi connectivity index (χ4n) is 4.79. The number of esters is 1. The average Bonchev–Trinajstić information content (AvgIpc) is 3.17. The Morgan fingerprint density at radius 3 is 2.37 bits per heavy atom. The highest BCUT2D eigenvalue weighted by Gasteiger charge is 2.37. The molecule has 13 heteroatoms. The number of benzene rings is 2. The van der Waals surface area contributed by atoms with E-state index in [-0.39, 0.29) is 24.9 Å². The lowest BCUT2D eigenvalue weighted by Crippen LogP contribution is -2.49. The van der Waals surface area contributed by atoms with Crippen molar-refractivity contribution >= 4 is 35.3 Å². The first kappa shape index (κ1) is 30.2. The highest BCUT2D eigenvalue weighted by Crippen LogP contribution is 2.32. The lowest BCUT2D eigenvalue weighted by Gasteiger charge is -2.36. The van der Waals surface area contributed by atoms with E-state index in [1.807, 2.05) is 4.90 Å². The SMILES string of the molecule is CCOC(=O)C1=C(CN2CCCN(C(=O)Nc3ccc(C(F)(F)F)cc3)CC2)N(C)C(=O)NC1c1ccc(Cl)cc1. The van der Waals surface area contributed by atoms with Gasteiger partial charge in [-0.15, -0.1) is 0 Å². The third-order valence-electron chi connectivity index (χ3n) is 6.99. The van der Waals surface area contributed by atoms with Gasteiger partial charge in [0.15, 0.2) is 0 Å². The molecule has 0 aliphatic carbocycles. The summed E-state index contributed by atoms with van der Waals surface area (Å²) in [7, 11) is 1.59. The number of carbonyl (C=O) groups excluding carboxylic acids is 3. The number of alkyl halides is 3. The topological polar surface area (TPSA) is 94.2 Å². The van der Waals surface area contributed by atoms with Crippen molar-refractivity contribution in [1.29, 1.82) is 0 Å². The van der Waals surface area contributed by atoms with Crippen molar-refractivity contribution < 1.29 is 32.3 Å².